The summed E-state index contributed by atoms with van der Waals surface area (Å²) in [7, 11) is 0. The van der Waals surface area contributed by atoms with Gasteiger partial charge in [-0.15, -0.1) is 0 Å². The highest BCUT2D eigenvalue weighted by Crippen LogP contribution is 2.30. The maximum absolute atomic E-state index is 11.7. The second-order valence-corrected chi connectivity index (χ2v) is 5.79. The predicted molar refractivity (Wildman–Crippen MR) is 92.9 cm³/mol. The molecule has 110 valence electrons. The number of rotatable bonds is 3. The van der Waals surface area contributed by atoms with Crippen molar-refractivity contribution in [2.45, 2.75) is 0 Å². The zero-order valence-electron chi connectivity index (χ0n) is 11.4. The monoisotopic (exact) mass is 405 g/mol. The molecule has 22 heavy (non-hydrogen) atoms. The molecule has 2 aromatic heterocycles. The third-order valence-electron chi connectivity index (χ3n) is 3.16. The molecule has 0 aliphatic rings. The summed E-state index contributed by atoms with van der Waals surface area (Å²) >= 11 is 2.12. The number of nitrogen functional groups attached to an aromatic ring is 1. The Morgan fingerprint density at radius 1 is 1.23 bits per heavy atom. The van der Waals surface area contributed by atoms with Gasteiger partial charge in [0.15, 0.2) is 0 Å². The molecule has 0 radical (unpaired) electrons. The van der Waals surface area contributed by atoms with E-state index in [1.165, 1.54) is 0 Å². The highest BCUT2D eigenvalue weighted by atomic mass is 127. The van der Waals surface area contributed by atoms with Crippen molar-refractivity contribution in [3.8, 4) is 22.6 Å². The molecule has 3 aromatic rings. The number of hydrogen-bond donors (Lipinski definition) is 3. The highest BCUT2D eigenvalue weighted by Gasteiger charge is 2.17. The summed E-state index contributed by atoms with van der Waals surface area (Å²) in [6.07, 6.45) is 1.63. The lowest BCUT2D eigenvalue weighted by atomic mass is 10.1. The quantitative estimate of drug-likeness (QED) is 0.582. The molecule has 0 saturated heterocycles. The number of carbonyl (C=O) groups is 1. The SMILES string of the molecule is NC(=O)c1cc(-c2nc(N)ncc2I)[nH]c1-c1ccccc1. The van der Waals surface area contributed by atoms with Crippen LogP contribution in [0.1, 0.15) is 10.4 Å². The summed E-state index contributed by atoms with van der Waals surface area (Å²) in [5.41, 5.74) is 14.4. The molecule has 0 atom stereocenters. The van der Waals surface area contributed by atoms with Crippen LogP contribution in [-0.4, -0.2) is 20.9 Å². The van der Waals surface area contributed by atoms with Crippen LogP contribution in [0, 0.1) is 3.57 Å². The van der Waals surface area contributed by atoms with Gasteiger partial charge in [-0.2, -0.15) is 0 Å². The predicted octanol–water partition coefficient (Wildman–Crippen LogP) is 2.42. The second kappa shape index (κ2) is 5.76. The van der Waals surface area contributed by atoms with Gasteiger partial charge in [-0.3, -0.25) is 4.79 Å². The van der Waals surface area contributed by atoms with Crippen molar-refractivity contribution >= 4 is 34.4 Å². The van der Waals surface area contributed by atoms with Gasteiger partial charge in [0, 0.05) is 6.20 Å². The lowest BCUT2D eigenvalue weighted by Crippen LogP contribution is -2.11. The molecule has 0 spiro atoms. The van der Waals surface area contributed by atoms with E-state index in [9.17, 15) is 4.79 Å². The first-order chi connectivity index (χ1) is 10.6. The lowest BCUT2D eigenvalue weighted by molar-refractivity contribution is 0.100. The Bertz CT molecular complexity index is 844. The normalized spacial score (nSPS) is 10.6. The fraction of sp³-hybridized carbons (Fsp3) is 0. The van der Waals surface area contributed by atoms with Crippen molar-refractivity contribution in [2.75, 3.05) is 5.73 Å². The summed E-state index contributed by atoms with van der Waals surface area (Å²) in [4.78, 5) is 23.1. The van der Waals surface area contributed by atoms with Crippen molar-refractivity contribution in [3.63, 3.8) is 0 Å². The number of aromatic amines is 1. The van der Waals surface area contributed by atoms with Gasteiger partial charge in [-0.25, -0.2) is 9.97 Å². The molecule has 1 aromatic carbocycles. The van der Waals surface area contributed by atoms with E-state index in [1.54, 1.807) is 12.3 Å². The van der Waals surface area contributed by atoms with Crippen LogP contribution in [0.25, 0.3) is 22.6 Å². The number of amides is 1. The molecule has 0 aliphatic heterocycles. The lowest BCUT2D eigenvalue weighted by Gasteiger charge is -2.02. The molecule has 0 fully saturated rings. The molecule has 6 nitrogen and oxygen atoms in total. The average molecular weight is 405 g/mol. The fourth-order valence-corrected chi connectivity index (χ4v) is 2.73. The molecule has 1 amide bonds. The molecular weight excluding hydrogens is 393 g/mol. The number of halogens is 1. The second-order valence-electron chi connectivity index (χ2n) is 4.63. The number of anilines is 1. The van der Waals surface area contributed by atoms with E-state index in [4.69, 9.17) is 11.5 Å². The number of nitrogens with zero attached hydrogens (tertiary/aromatic N) is 2. The van der Waals surface area contributed by atoms with Crippen LogP contribution >= 0.6 is 22.6 Å². The smallest absolute Gasteiger partial charge is 0.250 e. The summed E-state index contributed by atoms with van der Waals surface area (Å²) in [6.45, 7) is 0. The first kappa shape index (κ1) is 14.5. The van der Waals surface area contributed by atoms with Gasteiger partial charge >= 0.3 is 0 Å². The minimum atomic E-state index is -0.501. The third-order valence-corrected chi connectivity index (χ3v) is 3.95. The van der Waals surface area contributed by atoms with Gasteiger partial charge in [0.05, 0.1) is 20.5 Å². The van der Waals surface area contributed by atoms with E-state index in [1.807, 2.05) is 30.3 Å². The van der Waals surface area contributed by atoms with Crippen molar-refractivity contribution in [1.82, 2.24) is 15.0 Å². The third kappa shape index (κ3) is 2.67. The molecule has 2 heterocycles. The van der Waals surface area contributed by atoms with E-state index in [2.05, 4.69) is 37.5 Å². The maximum Gasteiger partial charge on any atom is 0.250 e. The van der Waals surface area contributed by atoms with Crippen LogP contribution < -0.4 is 11.5 Å². The minimum absolute atomic E-state index is 0.173. The number of aromatic nitrogens is 3. The Morgan fingerprint density at radius 3 is 2.64 bits per heavy atom. The van der Waals surface area contributed by atoms with Gasteiger partial charge in [0.25, 0.3) is 5.91 Å². The number of benzene rings is 1. The van der Waals surface area contributed by atoms with Crippen LogP contribution in [0.5, 0.6) is 0 Å². The van der Waals surface area contributed by atoms with Crippen molar-refractivity contribution < 1.29 is 4.79 Å². The summed E-state index contributed by atoms with van der Waals surface area (Å²) < 4.78 is 0.823. The van der Waals surface area contributed by atoms with Crippen LogP contribution in [-0.2, 0) is 0 Å². The summed E-state index contributed by atoms with van der Waals surface area (Å²) in [5, 5.41) is 0. The highest BCUT2D eigenvalue weighted by molar-refractivity contribution is 14.1. The number of hydrogen-bond acceptors (Lipinski definition) is 4. The standard InChI is InChI=1S/C15H12IN5O/c16-10-7-19-15(18)21-13(10)11-6-9(14(17)22)12(20-11)8-4-2-1-3-5-8/h1-7,20H,(H2,17,22)(H2,18,19,21). The zero-order chi connectivity index (χ0) is 15.7. The van der Waals surface area contributed by atoms with Gasteiger partial charge in [0.2, 0.25) is 5.95 Å². The maximum atomic E-state index is 11.7. The van der Waals surface area contributed by atoms with Gasteiger partial charge in [-0.1, -0.05) is 30.3 Å². The Morgan fingerprint density at radius 2 is 1.95 bits per heavy atom. The van der Waals surface area contributed by atoms with Crippen molar-refractivity contribution in [1.29, 1.82) is 0 Å². The Hall–Kier alpha value is -2.42. The molecule has 7 heteroatoms. The summed E-state index contributed by atoms with van der Waals surface area (Å²) in [5.74, 6) is -0.328. The van der Waals surface area contributed by atoms with E-state index >= 15 is 0 Å². The van der Waals surface area contributed by atoms with Crippen LogP contribution in [0.2, 0.25) is 0 Å². The van der Waals surface area contributed by atoms with Crippen LogP contribution in [0.15, 0.2) is 42.6 Å². The van der Waals surface area contributed by atoms with E-state index in [-0.39, 0.29) is 5.95 Å². The number of nitrogens with two attached hydrogens (primary N) is 2. The molecule has 5 N–H and O–H groups in total. The van der Waals surface area contributed by atoms with Crippen LogP contribution in [0.3, 0.4) is 0 Å². The number of H-pyrrole nitrogens is 1. The number of nitrogens with one attached hydrogen (secondary N) is 1. The first-order valence-corrected chi connectivity index (χ1v) is 7.50. The van der Waals surface area contributed by atoms with Gasteiger partial charge < -0.3 is 16.5 Å². The van der Waals surface area contributed by atoms with Crippen molar-refractivity contribution in [2.24, 2.45) is 5.73 Å². The van der Waals surface area contributed by atoms with Crippen molar-refractivity contribution in [3.05, 3.63) is 51.7 Å². The Balaban J connectivity index is 2.19. The summed E-state index contributed by atoms with van der Waals surface area (Å²) in [6, 6.07) is 11.2. The molecule has 0 aliphatic carbocycles. The first-order valence-electron chi connectivity index (χ1n) is 6.43. The minimum Gasteiger partial charge on any atom is -0.368 e. The number of primary amides is 1. The molecule has 3 rings (SSSR count). The van der Waals surface area contributed by atoms with Gasteiger partial charge in [-0.05, 0) is 34.2 Å². The van der Waals surface area contributed by atoms with E-state index < -0.39 is 5.91 Å². The van der Waals surface area contributed by atoms with Gasteiger partial charge in [0.1, 0.15) is 5.69 Å². The Labute approximate surface area is 140 Å². The Kier molecular flexibility index (Phi) is 3.80. The molecule has 0 bridgehead atoms. The fourth-order valence-electron chi connectivity index (χ4n) is 2.18. The molecule has 0 unspecified atom stereocenters. The number of carbonyl (C=O) groups excluding carboxylic acids is 1. The van der Waals surface area contributed by atoms with E-state index in [0.717, 1.165) is 9.13 Å². The van der Waals surface area contributed by atoms with E-state index in [0.29, 0.717) is 22.6 Å². The topological polar surface area (TPSA) is 111 Å². The molecule has 0 saturated carbocycles. The zero-order valence-corrected chi connectivity index (χ0v) is 13.5. The largest absolute Gasteiger partial charge is 0.368 e. The average Bonchev–Trinajstić information content (AvgIpc) is 2.96. The molecular formula is C15H12IN5O. The van der Waals surface area contributed by atoms with Crippen LogP contribution in [0.4, 0.5) is 5.95 Å².